The number of rotatable bonds is 44. The molecule has 10 nitrogen and oxygen atoms in total. The fourth-order valence-electron chi connectivity index (χ4n) is 6.87. The molecule has 0 aromatic heterocycles. The zero-order valence-corrected chi connectivity index (χ0v) is 40.9. The second kappa shape index (κ2) is 47.1. The summed E-state index contributed by atoms with van der Waals surface area (Å²) in [6, 6.07) is 0. The molecular formula is C44H88CaN2O8S2. The van der Waals surface area contributed by atoms with Gasteiger partial charge < -0.3 is 19.8 Å². The molecule has 0 aliphatic rings. The number of carbonyl (C=O) groups excluding carboxylic acids is 2. The zero-order chi connectivity index (χ0) is 41.9. The van der Waals surface area contributed by atoms with E-state index in [1.165, 1.54) is 180 Å². The summed E-state index contributed by atoms with van der Waals surface area (Å²) in [5.41, 5.74) is 0. The minimum absolute atomic E-state index is 0. The molecule has 0 saturated heterocycles. The summed E-state index contributed by atoms with van der Waals surface area (Å²) in [5, 5.41) is 20.5. The van der Waals surface area contributed by atoms with E-state index in [-0.39, 0.29) is 49.2 Å². The van der Waals surface area contributed by atoms with Gasteiger partial charge in [-0.3, -0.25) is 0 Å². The van der Waals surface area contributed by atoms with Crippen LogP contribution in [0.1, 0.15) is 245 Å². The quantitative estimate of drug-likeness (QED) is 0.0451. The Bertz CT molecular complexity index is 994. The molecule has 0 aliphatic carbocycles. The Balaban J connectivity index is -0.00000101. The van der Waals surface area contributed by atoms with Crippen molar-refractivity contribution in [3.05, 3.63) is 0 Å². The van der Waals surface area contributed by atoms with Crippen LogP contribution in [0.15, 0.2) is 0 Å². The third-order valence-electron chi connectivity index (χ3n) is 10.4. The van der Waals surface area contributed by atoms with Gasteiger partial charge in [-0.1, -0.05) is 232 Å². The van der Waals surface area contributed by atoms with Crippen molar-refractivity contribution < 1.29 is 36.6 Å². The van der Waals surface area contributed by atoms with E-state index in [0.717, 1.165) is 38.5 Å². The molecule has 0 spiro atoms. The number of hydrogen-bond acceptors (Lipinski definition) is 8. The zero-order valence-electron chi connectivity index (χ0n) is 37.1. The average molecular weight is 877 g/mol. The minimum atomic E-state index is -3.47. The van der Waals surface area contributed by atoms with Gasteiger partial charge in [0.1, 0.15) is 0 Å². The Labute approximate surface area is 382 Å². The van der Waals surface area contributed by atoms with Gasteiger partial charge in [-0.2, -0.15) is 0 Å². The van der Waals surface area contributed by atoms with Crippen LogP contribution in [0, 0.1) is 0 Å². The van der Waals surface area contributed by atoms with E-state index in [1.54, 1.807) is 0 Å². The van der Waals surface area contributed by atoms with E-state index in [9.17, 15) is 36.6 Å². The van der Waals surface area contributed by atoms with Crippen molar-refractivity contribution in [1.29, 1.82) is 0 Å². The van der Waals surface area contributed by atoms with Gasteiger partial charge >= 0.3 is 37.7 Å². The van der Waals surface area contributed by atoms with Crippen molar-refractivity contribution in [3.8, 4) is 0 Å². The number of unbranched alkanes of at least 4 members (excludes halogenated alkanes) is 34. The van der Waals surface area contributed by atoms with Gasteiger partial charge in [0.05, 0.1) is 36.5 Å². The van der Waals surface area contributed by atoms with Gasteiger partial charge in [-0.15, -0.1) is 0 Å². The van der Waals surface area contributed by atoms with Crippen molar-refractivity contribution in [2.24, 2.45) is 0 Å². The number of carboxylic acids is 2. The first-order chi connectivity index (χ1) is 27.0. The molecule has 0 amide bonds. The summed E-state index contributed by atoms with van der Waals surface area (Å²) in [4.78, 5) is 20.5. The van der Waals surface area contributed by atoms with Crippen LogP contribution in [0.3, 0.4) is 0 Å². The molecule has 0 aliphatic heterocycles. The van der Waals surface area contributed by atoms with Crippen LogP contribution in [-0.4, -0.2) is 91.1 Å². The number of carbonyl (C=O) groups is 2. The van der Waals surface area contributed by atoms with Gasteiger partial charge in [-0.25, -0.2) is 26.3 Å². The third kappa shape index (κ3) is 56.0. The van der Waals surface area contributed by atoms with Crippen LogP contribution in [0.5, 0.6) is 0 Å². The molecule has 0 bridgehead atoms. The molecule has 0 fully saturated rings. The van der Waals surface area contributed by atoms with Crippen LogP contribution < -0.4 is 19.7 Å². The Kier molecular flexibility index (Phi) is 50.6. The molecule has 0 saturated carbocycles. The molecule has 0 aromatic carbocycles. The maximum absolute atomic E-state index is 11.5. The van der Waals surface area contributed by atoms with E-state index in [4.69, 9.17) is 0 Å². The number of nitrogens with one attached hydrogen (secondary N) is 2. The first-order valence-corrected chi connectivity index (χ1v) is 26.6. The Morgan fingerprint density at radius 3 is 0.649 bits per heavy atom. The SMILES string of the molecule is CCCCCCCCCCCCCCCCCCCCS(=O)(=O)NCC(=O)[O-].CCCCCCCCCCCCCCCCCCCCS(=O)(=O)NCC(=O)[O-].[Ca+2]. The fraction of sp³-hybridized carbons (Fsp3) is 0.955. The largest absolute Gasteiger partial charge is 2.00 e. The maximum atomic E-state index is 11.5. The molecule has 0 radical (unpaired) electrons. The summed E-state index contributed by atoms with van der Waals surface area (Å²) in [6.07, 6.45) is 45.6. The number of aliphatic carboxylic acids is 2. The minimum Gasteiger partial charge on any atom is -0.549 e. The number of hydrogen-bond donors (Lipinski definition) is 2. The van der Waals surface area contributed by atoms with Crippen molar-refractivity contribution in [1.82, 2.24) is 9.44 Å². The van der Waals surface area contributed by atoms with Crippen molar-refractivity contribution in [2.75, 3.05) is 24.6 Å². The molecule has 336 valence electrons. The van der Waals surface area contributed by atoms with Gasteiger partial charge in [0, 0.05) is 0 Å². The predicted octanol–water partition coefficient (Wildman–Crippen LogP) is 9.01. The van der Waals surface area contributed by atoms with Crippen LogP contribution >= 0.6 is 0 Å². The van der Waals surface area contributed by atoms with Crippen LogP contribution in [0.2, 0.25) is 0 Å². The number of carboxylic acid groups (broad SMARTS) is 2. The van der Waals surface area contributed by atoms with E-state index in [2.05, 4.69) is 13.8 Å². The van der Waals surface area contributed by atoms with Crippen LogP contribution in [0.4, 0.5) is 0 Å². The summed E-state index contributed by atoms with van der Waals surface area (Å²) in [6.45, 7) is 3.25. The Morgan fingerprint density at radius 1 is 0.333 bits per heavy atom. The fourth-order valence-corrected chi connectivity index (χ4v) is 9.00. The summed E-state index contributed by atoms with van der Waals surface area (Å²) in [7, 11) is -6.94. The molecule has 0 unspecified atom stereocenters. The predicted molar refractivity (Wildman–Crippen MR) is 237 cm³/mol. The smallest absolute Gasteiger partial charge is 0.549 e. The monoisotopic (exact) mass is 877 g/mol. The number of sulfonamides is 2. The van der Waals surface area contributed by atoms with Gasteiger partial charge in [-0.05, 0) is 12.8 Å². The van der Waals surface area contributed by atoms with Crippen molar-refractivity contribution in [2.45, 2.75) is 245 Å². The van der Waals surface area contributed by atoms with Crippen LogP contribution in [-0.2, 0) is 29.6 Å². The first-order valence-electron chi connectivity index (χ1n) is 23.3. The van der Waals surface area contributed by atoms with Gasteiger partial charge in [0.2, 0.25) is 20.0 Å². The summed E-state index contributed by atoms with van der Waals surface area (Å²) < 4.78 is 50.1. The van der Waals surface area contributed by atoms with E-state index in [0.29, 0.717) is 12.8 Å². The van der Waals surface area contributed by atoms with Crippen LogP contribution in [0.25, 0.3) is 0 Å². The molecular weight excluding hydrogens is 789 g/mol. The standard InChI is InChI=1S/2C22H45NO4S.Ca/c2*1-2-3-4-5-6-7-8-9-10-11-12-13-14-15-16-17-18-19-20-28(26,27)23-21-22(24)25;/h2*23H,2-21H2,1H3,(H,24,25);/q;;+2/p-2. The van der Waals surface area contributed by atoms with E-state index in [1.807, 2.05) is 9.44 Å². The topological polar surface area (TPSA) is 173 Å². The Hall–Kier alpha value is 0.0197. The second-order valence-corrected chi connectivity index (χ2v) is 19.9. The van der Waals surface area contributed by atoms with E-state index >= 15 is 0 Å². The van der Waals surface area contributed by atoms with Crippen molar-refractivity contribution >= 4 is 69.7 Å². The molecule has 0 atom stereocenters. The molecule has 13 heteroatoms. The van der Waals surface area contributed by atoms with Gasteiger partial charge in [0.15, 0.2) is 0 Å². The average Bonchev–Trinajstić information content (AvgIpc) is 3.15. The van der Waals surface area contributed by atoms with Gasteiger partial charge in [0.25, 0.3) is 0 Å². The molecule has 57 heavy (non-hydrogen) atoms. The first kappa shape index (κ1) is 61.3. The van der Waals surface area contributed by atoms with E-state index < -0.39 is 45.1 Å². The third-order valence-corrected chi connectivity index (χ3v) is 13.2. The second-order valence-electron chi connectivity index (χ2n) is 16.0. The molecule has 0 heterocycles. The molecule has 2 N–H and O–H groups in total. The normalized spacial score (nSPS) is 11.5. The summed E-state index contributed by atoms with van der Waals surface area (Å²) in [5.74, 6) is -2.80. The Morgan fingerprint density at radius 2 is 0.491 bits per heavy atom. The summed E-state index contributed by atoms with van der Waals surface area (Å²) >= 11 is 0. The molecule has 0 aromatic rings. The van der Waals surface area contributed by atoms with Crippen molar-refractivity contribution in [3.63, 3.8) is 0 Å². The molecule has 0 rings (SSSR count). The maximum Gasteiger partial charge on any atom is 2.00 e.